The molecule has 0 amide bonds. The van der Waals surface area contributed by atoms with Gasteiger partial charge in [0.05, 0.1) is 0 Å². The average Bonchev–Trinajstić information content (AvgIpc) is 2.22. The van der Waals surface area contributed by atoms with Gasteiger partial charge in [-0.2, -0.15) is 0 Å². The second-order valence-electron chi connectivity index (χ2n) is 4.02. The molecule has 0 saturated heterocycles. The van der Waals surface area contributed by atoms with Crippen LogP contribution in [0.2, 0.25) is 0 Å². The minimum absolute atomic E-state index is 0.361. The number of nitrogens with two attached hydrogens (primary N) is 2. The van der Waals surface area contributed by atoms with Gasteiger partial charge in [-0.25, -0.2) is 0 Å². The summed E-state index contributed by atoms with van der Waals surface area (Å²) in [6.07, 6.45) is 5.54. The highest BCUT2D eigenvalue weighted by molar-refractivity contribution is 4.62. The lowest BCUT2D eigenvalue weighted by molar-refractivity contribution is 0.512. The summed E-state index contributed by atoms with van der Waals surface area (Å²) in [4.78, 5) is 0. The Labute approximate surface area is 88.6 Å². The van der Waals surface area contributed by atoms with E-state index in [0.29, 0.717) is 12.1 Å². The monoisotopic (exact) mass is 201 g/mol. The summed E-state index contributed by atoms with van der Waals surface area (Å²) in [5, 5.41) is 3.39. The van der Waals surface area contributed by atoms with Gasteiger partial charge in [-0.15, -0.1) is 0 Å². The fraction of sp³-hybridized carbons (Fsp3) is 1.00. The Balaban J connectivity index is 3.06. The summed E-state index contributed by atoms with van der Waals surface area (Å²) in [5.41, 5.74) is 11.6. The Kier molecular flexibility index (Phi) is 9.35. The molecule has 0 heterocycles. The second kappa shape index (κ2) is 9.44. The molecule has 14 heavy (non-hydrogen) atoms. The number of hydrogen-bond donors (Lipinski definition) is 3. The van der Waals surface area contributed by atoms with Gasteiger partial charge >= 0.3 is 0 Å². The summed E-state index contributed by atoms with van der Waals surface area (Å²) in [7, 11) is 0. The van der Waals surface area contributed by atoms with E-state index in [1.165, 1.54) is 6.42 Å². The first-order valence-electron chi connectivity index (χ1n) is 5.92. The van der Waals surface area contributed by atoms with Gasteiger partial charge in [0.15, 0.2) is 0 Å². The lowest BCUT2D eigenvalue weighted by Gasteiger charge is -2.11. The smallest absolute Gasteiger partial charge is 0.00482 e. The summed E-state index contributed by atoms with van der Waals surface area (Å²) in [6, 6.07) is 0.745. The largest absolute Gasteiger partial charge is 0.328 e. The maximum absolute atomic E-state index is 5.81. The third-order valence-electron chi connectivity index (χ3n) is 2.67. The molecule has 0 aliphatic carbocycles. The van der Waals surface area contributed by atoms with E-state index >= 15 is 0 Å². The summed E-state index contributed by atoms with van der Waals surface area (Å²) in [5.74, 6) is 0. The van der Waals surface area contributed by atoms with Gasteiger partial charge in [0.25, 0.3) is 0 Å². The van der Waals surface area contributed by atoms with Gasteiger partial charge in [0, 0.05) is 12.1 Å². The van der Waals surface area contributed by atoms with Crippen molar-refractivity contribution in [3.05, 3.63) is 0 Å². The molecule has 0 aliphatic heterocycles. The predicted molar refractivity (Wildman–Crippen MR) is 63.3 cm³/mol. The molecule has 0 fully saturated rings. The van der Waals surface area contributed by atoms with Crippen LogP contribution in [0.5, 0.6) is 0 Å². The normalized spacial score (nSPS) is 15.4. The van der Waals surface area contributed by atoms with Gasteiger partial charge in [0.1, 0.15) is 0 Å². The molecule has 0 radical (unpaired) electrons. The van der Waals surface area contributed by atoms with Crippen molar-refractivity contribution in [3.63, 3.8) is 0 Å². The van der Waals surface area contributed by atoms with Crippen molar-refractivity contribution < 1.29 is 0 Å². The maximum Gasteiger partial charge on any atom is 0.00482 e. The first-order chi connectivity index (χ1) is 6.70. The van der Waals surface area contributed by atoms with Crippen LogP contribution in [0, 0.1) is 0 Å². The van der Waals surface area contributed by atoms with Gasteiger partial charge in [-0.1, -0.05) is 13.8 Å². The Morgan fingerprint density at radius 1 is 0.929 bits per heavy atom. The van der Waals surface area contributed by atoms with E-state index in [9.17, 15) is 0 Å². The number of hydrogen-bond acceptors (Lipinski definition) is 3. The van der Waals surface area contributed by atoms with E-state index in [0.717, 1.165) is 38.8 Å². The zero-order valence-corrected chi connectivity index (χ0v) is 9.76. The van der Waals surface area contributed by atoms with E-state index < -0.39 is 0 Å². The standard InChI is InChI=1S/C11H27N3/c1-3-10(12)6-5-8-14-9-7-11(13)4-2/h10-11,14H,3-9,12-13H2,1-2H3. The SMILES string of the molecule is CCC(N)CCCNCCC(N)CC. The minimum Gasteiger partial charge on any atom is -0.328 e. The lowest BCUT2D eigenvalue weighted by atomic mass is 10.1. The first kappa shape index (κ1) is 13.9. The van der Waals surface area contributed by atoms with Crippen LogP contribution in [0.15, 0.2) is 0 Å². The van der Waals surface area contributed by atoms with Crippen molar-refractivity contribution >= 4 is 0 Å². The van der Waals surface area contributed by atoms with Crippen LogP contribution >= 0.6 is 0 Å². The van der Waals surface area contributed by atoms with E-state index in [4.69, 9.17) is 11.5 Å². The summed E-state index contributed by atoms with van der Waals surface area (Å²) >= 11 is 0. The lowest BCUT2D eigenvalue weighted by Crippen LogP contribution is -2.27. The molecule has 0 spiro atoms. The van der Waals surface area contributed by atoms with E-state index in [1.54, 1.807) is 0 Å². The Bertz CT molecular complexity index is 103. The molecular formula is C11H27N3. The van der Waals surface area contributed by atoms with Crippen molar-refractivity contribution in [1.82, 2.24) is 5.32 Å². The maximum atomic E-state index is 5.81. The van der Waals surface area contributed by atoms with Crippen molar-refractivity contribution in [2.75, 3.05) is 13.1 Å². The highest BCUT2D eigenvalue weighted by atomic mass is 14.9. The zero-order chi connectivity index (χ0) is 10.8. The van der Waals surface area contributed by atoms with Crippen LogP contribution in [-0.2, 0) is 0 Å². The fourth-order valence-corrected chi connectivity index (χ4v) is 1.31. The quantitative estimate of drug-likeness (QED) is 0.491. The molecule has 3 heteroatoms. The van der Waals surface area contributed by atoms with Crippen molar-refractivity contribution in [3.8, 4) is 0 Å². The number of nitrogens with one attached hydrogen (secondary N) is 1. The Morgan fingerprint density at radius 3 is 2.07 bits per heavy atom. The molecule has 3 nitrogen and oxygen atoms in total. The van der Waals surface area contributed by atoms with E-state index in [1.807, 2.05) is 0 Å². The van der Waals surface area contributed by atoms with Crippen molar-refractivity contribution in [2.24, 2.45) is 11.5 Å². The van der Waals surface area contributed by atoms with Crippen LogP contribution in [0.3, 0.4) is 0 Å². The highest BCUT2D eigenvalue weighted by Crippen LogP contribution is 1.97. The summed E-state index contributed by atoms with van der Waals surface area (Å²) < 4.78 is 0. The van der Waals surface area contributed by atoms with Crippen LogP contribution in [0.4, 0.5) is 0 Å². The van der Waals surface area contributed by atoms with Crippen LogP contribution in [-0.4, -0.2) is 25.2 Å². The van der Waals surface area contributed by atoms with Gasteiger partial charge in [-0.3, -0.25) is 0 Å². The Morgan fingerprint density at radius 2 is 1.50 bits per heavy atom. The zero-order valence-electron chi connectivity index (χ0n) is 9.76. The Hall–Kier alpha value is -0.120. The molecule has 0 bridgehead atoms. The molecule has 0 aromatic carbocycles. The fourth-order valence-electron chi connectivity index (χ4n) is 1.31. The van der Waals surface area contributed by atoms with E-state index in [-0.39, 0.29) is 0 Å². The van der Waals surface area contributed by atoms with Gasteiger partial charge in [-0.05, 0) is 45.2 Å². The number of rotatable bonds is 9. The van der Waals surface area contributed by atoms with E-state index in [2.05, 4.69) is 19.2 Å². The molecular weight excluding hydrogens is 174 g/mol. The topological polar surface area (TPSA) is 64.1 Å². The molecule has 5 N–H and O–H groups in total. The minimum atomic E-state index is 0.361. The molecule has 86 valence electrons. The molecule has 0 aliphatic rings. The molecule has 2 atom stereocenters. The highest BCUT2D eigenvalue weighted by Gasteiger charge is 1.99. The third-order valence-corrected chi connectivity index (χ3v) is 2.67. The molecule has 2 unspecified atom stereocenters. The molecule has 0 saturated carbocycles. The molecule has 0 aromatic rings. The second-order valence-corrected chi connectivity index (χ2v) is 4.02. The molecule has 0 aromatic heterocycles. The first-order valence-corrected chi connectivity index (χ1v) is 5.92. The van der Waals surface area contributed by atoms with Gasteiger partial charge in [0.2, 0.25) is 0 Å². The van der Waals surface area contributed by atoms with Crippen molar-refractivity contribution in [2.45, 2.75) is 58.0 Å². The third kappa shape index (κ3) is 8.48. The van der Waals surface area contributed by atoms with Crippen LogP contribution in [0.25, 0.3) is 0 Å². The van der Waals surface area contributed by atoms with Gasteiger partial charge < -0.3 is 16.8 Å². The van der Waals surface area contributed by atoms with Crippen molar-refractivity contribution in [1.29, 1.82) is 0 Å². The predicted octanol–water partition coefficient (Wildman–Crippen LogP) is 1.22. The molecule has 0 rings (SSSR count). The van der Waals surface area contributed by atoms with Crippen LogP contribution < -0.4 is 16.8 Å². The average molecular weight is 201 g/mol. The van der Waals surface area contributed by atoms with Crippen LogP contribution in [0.1, 0.15) is 46.0 Å². The summed E-state index contributed by atoms with van der Waals surface area (Å²) in [6.45, 7) is 6.38.